The molecule has 1 aromatic rings. The summed E-state index contributed by atoms with van der Waals surface area (Å²) in [6, 6.07) is 6.72. The molecule has 2 atom stereocenters. The average Bonchev–Trinajstić information content (AvgIpc) is 2.35. The van der Waals surface area contributed by atoms with Crippen molar-refractivity contribution in [2.24, 2.45) is 0 Å². The molecular weight excluding hydrogens is 214 g/mol. The SMILES string of the molecule is CC1CN(Cc2ccccn2)CC(CO)N1C. The van der Waals surface area contributed by atoms with Crippen LogP contribution in [0.25, 0.3) is 0 Å². The van der Waals surface area contributed by atoms with Crippen molar-refractivity contribution in [3.63, 3.8) is 0 Å². The van der Waals surface area contributed by atoms with E-state index in [1.807, 2.05) is 18.3 Å². The van der Waals surface area contributed by atoms with Crippen molar-refractivity contribution < 1.29 is 5.11 Å². The van der Waals surface area contributed by atoms with Crippen LogP contribution in [0.3, 0.4) is 0 Å². The maximum atomic E-state index is 9.38. The van der Waals surface area contributed by atoms with Crippen LogP contribution < -0.4 is 0 Å². The topological polar surface area (TPSA) is 39.6 Å². The van der Waals surface area contributed by atoms with E-state index in [1.54, 1.807) is 0 Å². The predicted molar refractivity (Wildman–Crippen MR) is 67.6 cm³/mol. The van der Waals surface area contributed by atoms with Crippen molar-refractivity contribution in [2.45, 2.75) is 25.6 Å². The fourth-order valence-electron chi connectivity index (χ4n) is 2.40. The summed E-state index contributed by atoms with van der Waals surface area (Å²) < 4.78 is 0. The Balaban J connectivity index is 1.98. The summed E-state index contributed by atoms with van der Waals surface area (Å²) in [7, 11) is 2.09. The van der Waals surface area contributed by atoms with E-state index in [4.69, 9.17) is 0 Å². The van der Waals surface area contributed by atoms with E-state index in [0.717, 1.165) is 25.3 Å². The maximum absolute atomic E-state index is 9.38. The van der Waals surface area contributed by atoms with Gasteiger partial charge in [0.1, 0.15) is 0 Å². The first kappa shape index (κ1) is 12.5. The Bertz CT molecular complexity index is 344. The van der Waals surface area contributed by atoms with Gasteiger partial charge in [0.2, 0.25) is 0 Å². The van der Waals surface area contributed by atoms with Crippen LogP contribution in [0.5, 0.6) is 0 Å². The van der Waals surface area contributed by atoms with Gasteiger partial charge in [0.15, 0.2) is 0 Å². The summed E-state index contributed by atoms with van der Waals surface area (Å²) in [5.41, 5.74) is 1.10. The van der Waals surface area contributed by atoms with Crippen molar-refractivity contribution >= 4 is 0 Å². The second-order valence-corrected chi connectivity index (χ2v) is 4.87. The molecule has 0 spiro atoms. The molecule has 2 heterocycles. The Labute approximate surface area is 103 Å². The minimum Gasteiger partial charge on any atom is -0.395 e. The van der Waals surface area contributed by atoms with Crippen LogP contribution in [-0.4, -0.2) is 58.7 Å². The first-order valence-electron chi connectivity index (χ1n) is 6.15. The lowest BCUT2D eigenvalue weighted by Gasteiger charge is -2.43. The van der Waals surface area contributed by atoms with Gasteiger partial charge in [-0.25, -0.2) is 0 Å². The number of piperazine rings is 1. The molecule has 17 heavy (non-hydrogen) atoms. The van der Waals surface area contributed by atoms with Gasteiger partial charge in [-0.15, -0.1) is 0 Å². The number of rotatable bonds is 3. The van der Waals surface area contributed by atoms with Crippen molar-refractivity contribution in [1.82, 2.24) is 14.8 Å². The van der Waals surface area contributed by atoms with Crippen LogP contribution in [0, 0.1) is 0 Å². The Morgan fingerprint density at radius 3 is 2.88 bits per heavy atom. The zero-order valence-corrected chi connectivity index (χ0v) is 10.6. The monoisotopic (exact) mass is 235 g/mol. The van der Waals surface area contributed by atoms with E-state index < -0.39 is 0 Å². The maximum Gasteiger partial charge on any atom is 0.0599 e. The third-order valence-corrected chi connectivity index (χ3v) is 3.59. The number of pyridine rings is 1. The van der Waals surface area contributed by atoms with Crippen molar-refractivity contribution in [2.75, 3.05) is 26.7 Å². The number of aliphatic hydroxyl groups excluding tert-OH is 1. The highest BCUT2D eigenvalue weighted by Gasteiger charge is 2.28. The standard InChI is InChI=1S/C13H21N3O/c1-11-7-16(9-13(10-17)15(11)2)8-12-5-3-4-6-14-12/h3-6,11,13,17H,7-10H2,1-2H3. The molecule has 1 aliphatic heterocycles. The van der Waals surface area contributed by atoms with E-state index >= 15 is 0 Å². The second-order valence-electron chi connectivity index (χ2n) is 4.87. The van der Waals surface area contributed by atoms with Gasteiger partial charge < -0.3 is 5.11 Å². The molecule has 0 aliphatic carbocycles. The molecule has 1 saturated heterocycles. The molecule has 1 aromatic heterocycles. The van der Waals surface area contributed by atoms with Crippen molar-refractivity contribution in [3.05, 3.63) is 30.1 Å². The zero-order valence-electron chi connectivity index (χ0n) is 10.6. The minimum atomic E-state index is 0.222. The van der Waals surface area contributed by atoms with E-state index in [1.165, 1.54) is 0 Å². The molecule has 4 nitrogen and oxygen atoms in total. The molecule has 0 amide bonds. The third-order valence-electron chi connectivity index (χ3n) is 3.59. The van der Waals surface area contributed by atoms with Gasteiger partial charge in [-0.1, -0.05) is 6.07 Å². The normalized spacial score (nSPS) is 27.2. The summed E-state index contributed by atoms with van der Waals surface area (Å²) in [6.45, 7) is 5.24. The Kier molecular flexibility index (Phi) is 4.10. The lowest BCUT2D eigenvalue weighted by atomic mass is 10.1. The van der Waals surface area contributed by atoms with Gasteiger partial charge in [-0.3, -0.25) is 14.8 Å². The molecule has 4 heteroatoms. The summed E-state index contributed by atoms with van der Waals surface area (Å²) in [6.07, 6.45) is 1.83. The van der Waals surface area contributed by atoms with Gasteiger partial charge in [0, 0.05) is 37.9 Å². The predicted octanol–water partition coefficient (Wildman–Crippen LogP) is 0.578. The van der Waals surface area contributed by atoms with Gasteiger partial charge in [-0.2, -0.15) is 0 Å². The van der Waals surface area contributed by atoms with E-state index in [2.05, 4.69) is 34.8 Å². The average molecular weight is 235 g/mol. The van der Waals surface area contributed by atoms with Gasteiger partial charge >= 0.3 is 0 Å². The summed E-state index contributed by atoms with van der Waals surface area (Å²) in [4.78, 5) is 8.98. The first-order chi connectivity index (χ1) is 8.20. The Morgan fingerprint density at radius 2 is 2.24 bits per heavy atom. The lowest BCUT2D eigenvalue weighted by Crippen LogP contribution is -2.57. The van der Waals surface area contributed by atoms with Crippen molar-refractivity contribution in [3.8, 4) is 0 Å². The van der Waals surface area contributed by atoms with Gasteiger partial charge in [0.25, 0.3) is 0 Å². The Morgan fingerprint density at radius 1 is 1.41 bits per heavy atom. The molecule has 2 rings (SSSR count). The number of hydrogen-bond donors (Lipinski definition) is 1. The molecule has 1 aliphatic rings. The number of likely N-dealkylation sites (N-methyl/N-ethyl adjacent to an activating group) is 1. The molecule has 1 fully saturated rings. The lowest BCUT2D eigenvalue weighted by molar-refractivity contribution is 0.0183. The first-order valence-corrected chi connectivity index (χ1v) is 6.15. The van der Waals surface area contributed by atoms with Crippen LogP contribution in [0.4, 0.5) is 0 Å². The highest BCUT2D eigenvalue weighted by atomic mass is 16.3. The van der Waals surface area contributed by atoms with Crippen LogP contribution in [-0.2, 0) is 6.54 Å². The molecule has 0 bridgehead atoms. The molecule has 0 radical (unpaired) electrons. The van der Waals surface area contributed by atoms with Crippen LogP contribution in [0.1, 0.15) is 12.6 Å². The Hall–Kier alpha value is -0.970. The summed E-state index contributed by atoms with van der Waals surface area (Å²) in [5, 5.41) is 9.38. The zero-order chi connectivity index (χ0) is 12.3. The highest BCUT2D eigenvalue weighted by molar-refractivity contribution is 5.04. The molecule has 0 saturated carbocycles. The molecule has 1 N–H and O–H groups in total. The third kappa shape index (κ3) is 3.03. The van der Waals surface area contributed by atoms with E-state index in [0.29, 0.717) is 6.04 Å². The molecule has 2 unspecified atom stereocenters. The minimum absolute atomic E-state index is 0.222. The fraction of sp³-hybridized carbons (Fsp3) is 0.615. The number of hydrogen-bond acceptors (Lipinski definition) is 4. The summed E-state index contributed by atoms with van der Waals surface area (Å²) >= 11 is 0. The van der Waals surface area contributed by atoms with E-state index in [9.17, 15) is 5.11 Å². The van der Waals surface area contributed by atoms with Crippen LogP contribution in [0.2, 0.25) is 0 Å². The highest BCUT2D eigenvalue weighted by Crippen LogP contribution is 2.15. The van der Waals surface area contributed by atoms with E-state index in [-0.39, 0.29) is 12.6 Å². The second kappa shape index (κ2) is 5.58. The van der Waals surface area contributed by atoms with Crippen molar-refractivity contribution in [1.29, 1.82) is 0 Å². The quantitative estimate of drug-likeness (QED) is 0.832. The fourth-order valence-corrected chi connectivity index (χ4v) is 2.40. The molecular formula is C13H21N3O. The van der Waals surface area contributed by atoms with Crippen LogP contribution in [0.15, 0.2) is 24.4 Å². The largest absolute Gasteiger partial charge is 0.395 e. The van der Waals surface area contributed by atoms with Gasteiger partial charge in [0.05, 0.1) is 12.3 Å². The van der Waals surface area contributed by atoms with Crippen LogP contribution >= 0.6 is 0 Å². The smallest absolute Gasteiger partial charge is 0.0599 e. The number of aromatic nitrogens is 1. The number of nitrogens with zero attached hydrogens (tertiary/aromatic N) is 3. The number of aliphatic hydroxyl groups is 1. The summed E-state index contributed by atoms with van der Waals surface area (Å²) in [5.74, 6) is 0. The van der Waals surface area contributed by atoms with Gasteiger partial charge in [-0.05, 0) is 26.1 Å². The molecule has 94 valence electrons. The molecule has 0 aromatic carbocycles.